The molecule has 0 aliphatic heterocycles. The summed E-state index contributed by atoms with van der Waals surface area (Å²) >= 11 is 0. The molecule has 0 aliphatic carbocycles. The number of rotatable bonds is 6. The average Bonchev–Trinajstić information content (AvgIpc) is 2.18. The van der Waals surface area contributed by atoms with Crippen LogP contribution in [-0.2, 0) is 6.42 Å². The summed E-state index contributed by atoms with van der Waals surface area (Å²) < 4.78 is 0. The molecule has 1 radical (unpaired) electrons. The molecule has 0 bridgehead atoms. The molecule has 1 heteroatoms. The average molecular weight is 190 g/mol. The quantitative estimate of drug-likeness (QED) is 0.623. The third kappa shape index (κ3) is 5.03. The largest absolute Gasteiger partial charge is 0.309 e. The Balaban J connectivity index is 2.05. The van der Waals surface area contributed by atoms with E-state index in [0.29, 0.717) is 0 Å². The molecule has 77 valence electrons. The summed E-state index contributed by atoms with van der Waals surface area (Å²) in [5.74, 6) is 0. The zero-order valence-corrected chi connectivity index (χ0v) is 9.24. The van der Waals surface area contributed by atoms with Gasteiger partial charge in [0, 0.05) is 0 Å². The van der Waals surface area contributed by atoms with Gasteiger partial charge in [0.15, 0.2) is 0 Å². The van der Waals surface area contributed by atoms with E-state index in [1.54, 1.807) is 0 Å². The van der Waals surface area contributed by atoms with Crippen LogP contribution >= 0.6 is 0 Å². The molecule has 0 saturated carbocycles. The molecule has 0 heterocycles. The second-order valence-electron chi connectivity index (χ2n) is 3.92. The molecule has 1 rings (SSSR count). The summed E-state index contributed by atoms with van der Waals surface area (Å²) in [5, 5.41) is 0. The van der Waals surface area contributed by atoms with Crippen molar-refractivity contribution in [2.75, 3.05) is 20.6 Å². The maximum Gasteiger partial charge on any atom is -0.00247 e. The summed E-state index contributed by atoms with van der Waals surface area (Å²) in [4.78, 5) is 2.23. The van der Waals surface area contributed by atoms with E-state index in [-0.39, 0.29) is 0 Å². The van der Waals surface area contributed by atoms with E-state index in [0.717, 1.165) is 6.42 Å². The first kappa shape index (κ1) is 11.3. The smallest absolute Gasteiger partial charge is 0.00247 e. The Morgan fingerprint density at radius 2 is 1.86 bits per heavy atom. The topological polar surface area (TPSA) is 3.24 Å². The van der Waals surface area contributed by atoms with Crippen molar-refractivity contribution in [2.45, 2.75) is 19.3 Å². The predicted octanol–water partition coefficient (Wildman–Crippen LogP) is 2.78. The number of unbranched alkanes of at least 4 members (excludes halogenated alkanes) is 2. The Bertz CT molecular complexity index is 228. The van der Waals surface area contributed by atoms with E-state index in [1.807, 2.05) is 0 Å². The van der Waals surface area contributed by atoms with Crippen molar-refractivity contribution in [3.63, 3.8) is 0 Å². The molecule has 1 nitrogen and oxygen atoms in total. The molecular weight excluding hydrogens is 170 g/mol. The van der Waals surface area contributed by atoms with Gasteiger partial charge in [0.2, 0.25) is 0 Å². The molecule has 1 aromatic rings. The highest BCUT2D eigenvalue weighted by atomic mass is 15.0. The summed E-state index contributed by atoms with van der Waals surface area (Å²) in [6, 6.07) is 10.6. The fraction of sp³-hybridized carbons (Fsp3) is 0.462. The van der Waals surface area contributed by atoms with Gasteiger partial charge in [-0.1, -0.05) is 30.3 Å². The minimum atomic E-state index is 1.11. The highest BCUT2D eigenvalue weighted by Gasteiger charge is 1.93. The van der Waals surface area contributed by atoms with Gasteiger partial charge in [-0.25, -0.2) is 0 Å². The van der Waals surface area contributed by atoms with Crippen LogP contribution in [0.15, 0.2) is 30.3 Å². The molecule has 1 aromatic carbocycles. The molecular formula is C13H20N. The van der Waals surface area contributed by atoms with Crippen molar-refractivity contribution in [2.24, 2.45) is 0 Å². The van der Waals surface area contributed by atoms with Crippen molar-refractivity contribution in [3.05, 3.63) is 42.3 Å². The van der Waals surface area contributed by atoms with Crippen molar-refractivity contribution in [1.29, 1.82) is 0 Å². The van der Waals surface area contributed by atoms with Crippen molar-refractivity contribution < 1.29 is 0 Å². The molecule has 0 aliphatic rings. The van der Waals surface area contributed by atoms with E-state index in [2.05, 4.69) is 55.7 Å². The summed E-state index contributed by atoms with van der Waals surface area (Å²) in [7, 11) is 4.24. The number of nitrogens with zero attached hydrogens (tertiary/aromatic N) is 1. The standard InChI is InChI=1S/C13H20N/c1-14(2)12-8-4-7-11-13-9-5-3-6-10-13/h3,5-7,9-10H,4,8,11-12H2,1-2H3. The van der Waals surface area contributed by atoms with Gasteiger partial charge in [-0.05, 0) is 51.9 Å². The lowest BCUT2D eigenvalue weighted by atomic mass is 10.1. The molecule has 0 aromatic heterocycles. The predicted molar refractivity (Wildman–Crippen MR) is 62.2 cm³/mol. The van der Waals surface area contributed by atoms with Crippen LogP contribution in [0.3, 0.4) is 0 Å². The van der Waals surface area contributed by atoms with Crippen molar-refractivity contribution in [1.82, 2.24) is 4.90 Å². The highest BCUT2D eigenvalue weighted by Crippen LogP contribution is 2.05. The van der Waals surface area contributed by atoms with Crippen LogP contribution in [0.4, 0.5) is 0 Å². The summed E-state index contributed by atoms with van der Waals surface area (Å²) in [5.41, 5.74) is 1.41. The Labute approximate surface area is 87.7 Å². The lowest BCUT2D eigenvalue weighted by molar-refractivity contribution is 0.399. The van der Waals surface area contributed by atoms with Gasteiger partial charge in [0.25, 0.3) is 0 Å². The molecule has 0 unspecified atom stereocenters. The minimum absolute atomic E-state index is 1.11. The number of benzene rings is 1. The van der Waals surface area contributed by atoms with E-state index < -0.39 is 0 Å². The molecule has 0 saturated heterocycles. The Hall–Kier alpha value is -0.820. The van der Waals surface area contributed by atoms with Gasteiger partial charge in [-0.2, -0.15) is 0 Å². The monoisotopic (exact) mass is 190 g/mol. The van der Waals surface area contributed by atoms with Gasteiger partial charge in [0.1, 0.15) is 0 Å². The molecule has 0 fully saturated rings. The SMILES string of the molecule is CN(C)CCC[CH]Cc1ccccc1. The van der Waals surface area contributed by atoms with Gasteiger partial charge in [-0.3, -0.25) is 0 Å². The number of hydrogen-bond donors (Lipinski definition) is 0. The van der Waals surface area contributed by atoms with E-state index >= 15 is 0 Å². The maximum atomic E-state index is 2.37. The fourth-order valence-corrected chi connectivity index (χ4v) is 1.43. The molecule has 14 heavy (non-hydrogen) atoms. The van der Waals surface area contributed by atoms with Crippen LogP contribution in [0.2, 0.25) is 0 Å². The first-order chi connectivity index (χ1) is 6.79. The van der Waals surface area contributed by atoms with Crippen LogP contribution in [0.25, 0.3) is 0 Å². The fourth-order valence-electron chi connectivity index (χ4n) is 1.43. The van der Waals surface area contributed by atoms with E-state index in [9.17, 15) is 0 Å². The lowest BCUT2D eigenvalue weighted by Gasteiger charge is -2.08. The van der Waals surface area contributed by atoms with Gasteiger partial charge in [-0.15, -0.1) is 0 Å². The molecule has 0 N–H and O–H groups in total. The number of hydrogen-bond acceptors (Lipinski definition) is 1. The normalized spacial score (nSPS) is 10.8. The van der Waals surface area contributed by atoms with E-state index in [1.165, 1.54) is 24.9 Å². The third-order valence-corrected chi connectivity index (χ3v) is 2.24. The van der Waals surface area contributed by atoms with Crippen molar-refractivity contribution in [3.8, 4) is 0 Å². The molecule has 0 spiro atoms. The van der Waals surface area contributed by atoms with Gasteiger partial charge >= 0.3 is 0 Å². The second kappa shape index (κ2) is 6.61. The van der Waals surface area contributed by atoms with Crippen molar-refractivity contribution >= 4 is 0 Å². The minimum Gasteiger partial charge on any atom is -0.309 e. The maximum absolute atomic E-state index is 2.37. The second-order valence-corrected chi connectivity index (χ2v) is 3.92. The highest BCUT2D eigenvalue weighted by molar-refractivity contribution is 5.16. The Kier molecular flexibility index (Phi) is 5.31. The first-order valence-corrected chi connectivity index (χ1v) is 5.29. The lowest BCUT2D eigenvalue weighted by Crippen LogP contribution is -2.12. The zero-order chi connectivity index (χ0) is 10.2. The Morgan fingerprint density at radius 1 is 1.14 bits per heavy atom. The summed E-state index contributed by atoms with van der Waals surface area (Å²) in [6.07, 6.45) is 5.96. The van der Waals surface area contributed by atoms with Crippen LogP contribution < -0.4 is 0 Å². The van der Waals surface area contributed by atoms with E-state index in [4.69, 9.17) is 0 Å². The summed E-state index contributed by atoms with van der Waals surface area (Å²) in [6.45, 7) is 1.19. The first-order valence-electron chi connectivity index (χ1n) is 5.29. The van der Waals surface area contributed by atoms with Crippen LogP contribution in [0.5, 0.6) is 0 Å². The van der Waals surface area contributed by atoms with Crippen LogP contribution in [0.1, 0.15) is 18.4 Å². The molecule has 0 atom stereocenters. The Morgan fingerprint density at radius 3 is 2.50 bits per heavy atom. The third-order valence-electron chi connectivity index (χ3n) is 2.24. The van der Waals surface area contributed by atoms with Crippen LogP contribution in [0, 0.1) is 6.42 Å². The van der Waals surface area contributed by atoms with Gasteiger partial charge < -0.3 is 4.90 Å². The zero-order valence-electron chi connectivity index (χ0n) is 9.24. The van der Waals surface area contributed by atoms with Crippen LogP contribution in [-0.4, -0.2) is 25.5 Å². The van der Waals surface area contributed by atoms with Gasteiger partial charge in [0.05, 0.1) is 0 Å². The molecule has 0 amide bonds.